The Morgan fingerprint density at radius 1 is 1.50 bits per heavy atom. The van der Waals surface area contributed by atoms with Crippen molar-refractivity contribution in [3.8, 4) is 6.07 Å². The van der Waals surface area contributed by atoms with Crippen molar-refractivity contribution in [3.05, 3.63) is 29.6 Å². The molecular formula is C14H17FN4O. The van der Waals surface area contributed by atoms with Gasteiger partial charge in [-0.1, -0.05) is 0 Å². The van der Waals surface area contributed by atoms with Crippen molar-refractivity contribution in [2.75, 3.05) is 24.5 Å². The summed E-state index contributed by atoms with van der Waals surface area (Å²) in [5.41, 5.74) is 6.22. The molecule has 1 aromatic rings. The highest BCUT2D eigenvalue weighted by molar-refractivity contribution is 5.75. The molecule has 1 saturated heterocycles. The van der Waals surface area contributed by atoms with Crippen LogP contribution in [0.4, 0.5) is 10.1 Å². The summed E-state index contributed by atoms with van der Waals surface area (Å²) in [6, 6.07) is 6.55. The van der Waals surface area contributed by atoms with E-state index < -0.39 is 5.82 Å². The van der Waals surface area contributed by atoms with Gasteiger partial charge in [0.2, 0.25) is 5.91 Å². The van der Waals surface area contributed by atoms with Gasteiger partial charge in [-0.25, -0.2) is 4.39 Å². The van der Waals surface area contributed by atoms with Crippen molar-refractivity contribution >= 4 is 11.6 Å². The number of nitriles is 1. The Morgan fingerprint density at radius 2 is 2.20 bits per heavy atom. The molecule has 0 unspecified atom stereocenters. The van der Waals surface area contributed by atoms with E-state index in [0.717, 1.165) is 31.6 Å². The summed E-state index contributed by atoms with van der Waals surface area (Å²) in [5, 5.41) is 12.2. The Morgan fingerprint density at radius 3 is 2.80 bits per heavy atom. The summed E-state index contributed by atoms with van der Waals surface area (Å²) >= 11 is 0. The summed E-state index contributed by atoms with van der Waals surface area (Å²) in [5.74, 6) is -0.763. The van der Waals surface area contributed by atoms with E-state index in [1.54, 1.807) is 6.07 Å². The SMILES string of the molecule is N#Cc1cc(F)ccc1N1CCC(NCC(N)=O)CC1. The van der Waals surface area contributed by atoms with Crippen LogP contribution in [-0.4, -0.2) is 31.6 Å². The lowest BCUT2D eigenvalue weighted by Gasteiger charge is -2.34. The van der Waals surface area contributed by atoms with Crippen molar-refractivity contribution in [2.45, 2.75) is 18.9 Å². The smallest absolute Gasteiger partial charge is 0.231 e. The highest BCUT2D eigenvalue weighted by Gasteiger charge is 2.21. The van der Waals surface area contributed by atoms with Crippen LogP contribution >= 0.6 is 0 Å². The molecule has 0 spiro atoms. The van der Waals surface area contributed by atoms with Crippen LogP contribution in [0.3, 0.4) is 0 Å². The van der Waals surface area contributed by atoms with Crippen LogP contribution in [0.2, 0.25) is 0 Å². The summed E-state index contributed by atoms with van der Waals surface area (Å²) in [6.07, 6.45) is 1.71. The maximum Gasteiger partial charge on any atom is 0.231 e. The number of amides is 1. The van der Waals surface area contributed by atoms with Crippen molar-refractivity contribution in [1.82, 2.24) is 5.32 Å². The molecule has 1 fully saturated rings. The van der Waals surface area contributed by atoms with Gasteiger partial charge < -0.3 is 16.0 Å². The Balaban J connectivity index is 1.97. The first-order chi connectivity index (χ1) is 9.60. The minimum atomic E-state index is -0.400. The third-order valence-corrected chi connectivity index (χ3v) is 3.48. The number of carbonyl (C=O) groups is 1. The zero-order valence-corrected chi connectivity index (χ0v) is 11.1. The Bertz CT molecular complexity index is 532. The number of primary amides is 1. The molecule has 0 atom stereocenters. The standard InChI is InChI=1S/C14H17FN4O/c15-11-1-2-13(10(7-11)8-16)19-5-3-12(4-6-19)18-9-14(17)20/h1-2,7,12,18H,3-6,9H2,(H2,17,20). The third kappa shape index (κ3) is 3.45. The zero-order valence-electron chi connectivity index (χ0n) is 11.1. The second-order valence-electron chi connectivity index (χ2n) is 4.88. The van der Waals surface area contributed by atoms with E-state index in [-0.39, 0.29) is 18.5 Å². The molecule has 2 rings (SSSR count). The van der Waals surface area contributed by atoms with Crippen molar-refractivity contribution < 1.29 is 9.18 Å². The third-order valence-electron chi connectivity index (χ3n) is 3.48. The monoisotopic (exact) mass is 276 g/mol. The van der Waals surface area contributed by atoms with Gasteiger partial charge in [0.05, 0.1) is 17.8 Å². The molecule has 1 amide bonds. The minimum Gasteiger partial charge on any atom is -0.370 e. The summed E-state index contributed by atoms with van der Waals surface area (Å²) in [7, 11) is 0. The van der Waals surface area contributed by atoms with Gasteiger partial charge in [0, 0.05) is 19.1 Å². The zero-order chi connectivity index (χ0) is 14.5. The van der Waals surface area contributed by atoms with Crippen molar-refractivity contribution in [3.63, 3.8) is 0 Å². The van der Waals surface area contributed by atoms with Gasteiger partial charge in [0.25, 0.3) is 0 Å². The van der Waals surface area contributed by atoms with Crippen molar-refractivity contribution in [1.29, 1.82) is 5.26 Å². The van der Waals surface area contributed by atoms with Crippen LogP contribution < -0.4 is 16.0 Å². The van der Waals surface area contributed by atoms with Gasteiger partial charge in [-0.05, 0) is 31.0 Å². The fourth-order valence-electron chi connectivity index (χ4n) is 2.44. The average molecular weight is 276 g/mol. The molecule has 20 heavy (non-hydrogen) atoms. The second kappa shape index (κ2) is 6.35. The lowest BCUT2D eigenvalue weighted by molar-refractivity contribution is -0.117. The van der Waals surface area contributed by atoms with E-state index in [2.05, 4.69) is 10.2 Å². The number of anilines is 1. The van der Waals surface area contributed by atoms with Crippen LogP contribution in [0.5, 0.6) is 0 Å². The molecule has 0 bridgehead atoms. The second-order valence-corrected chi connectivity index (χ2v) is 4.88. The molecule has 3 N–H and O–H groups in total. The molecule has 1 aliphatic heterocycles. The summed E-state index contributed by atoms with van der Waals surface area (Å²) in [4.78, 5) is 12.8. The van der Waals surface area contributed by atoms with E-state index in [4.69, 9.17) is 11.0 Å². The molecule has 0 saturated carbocycles. The molecule has 0 aliphatic carbocycles. The number of benzene rings is 1. The lowest BCUT2D eigenvalue weighted by Crippen LogP contribution is -2.45. The Kier molecular flexibility index (Phi) is 4.53. The molecule has 1 aliphatic rings. The van der Waals surface area contributed by atoms with E-state index in [1.165, 1.54) is 12.1 Å². The predicted octanol–water partition coefficient (Wildman–Crippen LogP) is 0.741. The first-order valence-corrected chi connectivity index (χ1v) is 6.56. The topological polar surface area (TPSA) is 82.2 Å². The number of piperidine rings is 1. The molecule has 6 heteroatoms. The van der Waals surface area contributed by atoms with Crippen LogP contribution in [-0.2, 0) is 4.79 Å². The number of rotatable bonds is 4. The molecule has 0 radical (unpaired) electrons. The number of hydrogen-bond donors (Lipinski definition) is 2. The molecular weight excluding hydrogens is 259 g/mol. The number of nitrogens with two attached hydrogens (primary N) is 1. The van der Waals surface area contributed by atoms with Crippen LogP contribution in [0.25, 0.3) is 0 Å². The molecule has 0 aromatic heterocycles. The van der Waals surface area contributed by atoms with E-state index in [1.807, 2.05) is 6.07 Å². The van der Waals surface area contributed by atoms with Crippen molar-refractivity contribution in [2.24, 2.45) is 5.73 Å². The fraction of sp³-hybridized carbons (Fsp3) is 0.429. The van der Waals surface area contributed by atoms with Crippen LogP contribution in [0, 0.1) is 17.1 Å². The molecule has 1 aromatic carbocycles. The maximum atomic E-state index is 13.1. The normalized spacial score (nSPS) is 15.9. The average Bonchev–Trinajstić information content (AvgIpc) is 2.45. The number of hydrogen-bond acceptors (Lipinski definition) is 4. The van der Waals surface area contributed by atoms with Gasteiger partial charge in [-0.3, -0.25) is 4.79 Å². The molecule has 106 valence electrons. The van der Waals surface area contributed by atoms with Gasteiger partial charge in [-0.2, -0.15) is 5.26 Å². The quantitative estimate of drug-likeness (QED) is 0.850. The van der Waals surface area contributed by atoms with E-state index >= 15 is 0 Å². The van der Waals surface area contributed by atoms with Crippen LogP contribution in [0.15, 0.2) is 18.2 Å². The number of nitrogens with zero attached hydrogens (tertiary/aromatic N) is 2. The van der Waals surface area contributed by atoms with Crippen LogP contribution in [0.1, 0.15) is 18.4 Å². The first kappa shape index (κ1) is 14.3. The Labute approximate surface area is 117 Å². The number of halogens is 1. The van der Waals surface area contributed by atoms with Gasteiger partial charge in [0.15, 0.2) is 0 Å². The summed E-state index contributed by atoms with van der Waals surface area (Å²) in [6.45, 7) is 1.71. The first-order valence-electron chi connectivity index (χ1n) is 6.56. The highest BCUT2D eigenvalue weighted by Crippen LogP contribution is 2.24. The molecule has 5 nitrogen and oxygen atoms in total. The maximum absolute atomic E-state index is 13.1. The van der Waals surface area contributed by atoms with Gasteiger partial charge in [0.1, 0.15) is 11.9 Å². The number of carbonyl (C=O) groups excluding carboxylic acids is 1. The predicted molar refractivity (Wildman–Crippen MR) is 73.5 cm³/mol. The van der Waals surface area contributed by atoms with Gasteiger partial charge in [-0.15, -0.1) is 0 Å². The fourth-order valence-corrected chi connectivity index (χ4v) is 2.44. The lowest BCUT2D eigenvalue weighted by atomic mass is 10.0. The van der Waals surface area contributed by atoms with E-state index in [0.29, 0.717) is 5.56 Å². The van der Waals surface area contributed by atoms with E-state index in [9.17, 15) is 9.18 Å². The van der Waals surface area contributed by atoms with Gasteiger partial charge >= 0.3 is 0 Å². The minimum absolute atomic E-state index is 0.185. The largest absolute Gasteiger partial charge is 0.370 e. The number of nitrogens with one attached hydrogen (secondary N) is 1. The highest BCUT2D eigenvalue weighted by atomic mass is 19.1. The Hall–Kier alpha value is -2.13. The molecule has 1 heterocycles. The summed E-state index contributed by atoms with van der Waals surface area (Å²) < 4.78 is 13.1.